The molecule has 1 aliphatic carbocycles. The summed E-state index contributed by atoms with van der Waals surface area (Å²) in [6.07, 6.45) is 5.94. The maximum atomic E-state index is 12.7. The van der Waals surface area contributed by atoms with Gasteiger partial charge in [0.05, 0.1) is 18.0 Å². The van der Waals surface area contributed by atoms with Crippen LogP contribution in [0.1, 0.15) is 30.0 Å². The van der Waals surface area contributed by atoms with E-state index in [1.165, 1.54) is 17.3 Å². The van der Waals surface area contributed by atoms with Gasteiger partial charge < -0.3 is 5.32 Å². The minimum absolute atomic E-state index is 0.0682. The number of carbonyl (C=O) groups is 1. The van der Waals surface area contributed by atoms with Crippen molar-refractivity contribution in [3.8, 4) is 0 Å². The van der Waals surface area contributed by atoms with E-state index in [-0.39, 0.29) is 18.5 Å². The summed E-state index contributed by atoms with van der Waals surface area (Å²) >= 11 is 1.53. The summed E-state index contributed by atoms with van der Waals surface area (Å²) in [4.78, 5) is 13.6. The first kappa shape index (κ1) is 19.8. The molecule has 0 radical (unpaired) electrons. The Labute approximate surface area is 165 Å². The van der Waals surface area contributed by atoms with Crippen LogP contribution in [0.5, 0.6) is 0 Å². The topological polar surface area (TPSA) is 66.5 Å². The molecule has 1 amide bonds. The van der Waals surface area contributed by atoms with Crippen LogP contribution in [0.4, 0.5) is 5.69 Å². The summed E-state index contributed by atoms with van der Waals surface area (Å²) < 4.78 is 25.8. The van der Waals surface area contributed by atoms with Gasteiger partial charge in [0.25, 0.3) is 0 Å². The number of benzene rings is 2. The van der Waals surface area contributed by atoms with Crippen molar-refractivity contribution in [3.63, 3.8) is 0 Å². The molecule has 1 N–H and O–H groups in total. The number of nitrogens with zero attached hydrogens (tertiary/aromatic N) is 1. The molecule has 2 aromatic rings. The zero-order valence-electron chi connectivity index (χ0n) is 15.5. The number of aryl methyl sites for hydroxylation is 1. The average Bonchev–Trinajstić information content (AvgIpc) is 2.65. The third-order valence-electron chi connectivity index (χ3n) is 4.73. The Balaban J connectivity index is 1.78. The Morgan fingerprint density at radius 1 is 1.22 bits per heavy atom. The molecule has 1 unspecified atom stereocenters. The van der Waals surface area contributed by atoms with Crippen molar-refractivity contribution in [3.05, 3.63) is 59.7 Å². The Morgan fingerprint density at radius 2 is 2.00 bits per heavy atom. The summed E-state index contributed by atoms with van der Waals surface area (Å²) in [5, 5.41) is 3.03. The number of sulfonamides is 1. The lowest BCUT2D eigenvalue weighted by atomic mass is 9.88. The molecule has 0 heterocycles. The van der Waals surface area contributed by atoms with Gasteiger partial charge >= 0.3 is 0 Å². The number of amides is 1. The van der Waals surface area contributed by atoms with E-state index in [0.717, 1.165) is 40.3 Å². The third-order valence-corrected chi connectivity index (χ3v) is 6.60. The molecule has 0 aromatic heterocycles. The van der Waals surface area contributed by atoms with E-state index in [0.29, 0.717) is 5.69 Å². The van der Waals surface area contributed by atoms with E-state index in [1.807, 2.05) is 30.5 Å². The van der Waals surface area contributed by atoms with Crippen LogP contribution in [0.3, 0.4) is 0 Å². The predicted octanol–water partition coefficient (Wildman–Crippen LogP) is 3.37. The molecular formula is C20H24N2O3S2. The molecule has 27 heavy (non-hydrogen) atoms. The normalized spacial score (nSPS) is 16.4. The molecule has 2 aromatic carbocycles. The number of thioether (sulfide) groups is 1. The molecule has 7 heteroatoms. The largest absolute Gasteiger partial charge is 0.348 e. The maximum Gasteiger partial charge on any atom is 0.241 e. The summed E-state index contributed by atoms with van der Waals surface area (Å²) in [5.41, 5.74) is 2.89. The van der Waals surface area contributed by atoms with E-state index >= 15 is 0 Å². The number of hydrogen-bond donors (Lipinski definition) is 1. The predicted molar refractivity (Wildman–Crippen MR) is 111 cm³/mol. The second-order valence-corrected chi connectivity index (χ2v) is 9.47. The number of hydrogen-bond acceptors (Lipinski definition) is 4. The van der Waals surface area contributed by atoms with Crippen LogP contribution in [0, 0.1) is 0 Å². The smallest absolute Gasteiger partial charge is 0.241 e. The van der Waals surface area contributed by atoms with Crippen molar-refractivity contribution in [2.24, 2.45) is 0 Å². The fraction of sp³-hybridized carbons (Fsp3) is 0.350. The molecule has 0 aliphatic heterocycles. The summed E-state index contributed by atoms with van der Waals surface area (Å²) in [7, 11) is -3.58. The van der Waals surface area contributed by atoms with Crippen molar-refractivity contribution in [2.75, 3.05) is 23.4 Å². The van der Waals surface area contributed by atoms with E-state index < -0.39 is 10.0 Å². The van der Waals surface area contributed by atoms with E-state index in [1.54, 1.807) is 18.2 Å². The molecule has 0 saturated carbocycles. The molecule has 1 aliphatic rings. The van der Waals surface area contributed by atoms with Crippen molar-refractivity contribution in [2.45, 2.75) is 30.2 Å². The first-order chi connectivity index (χ1) is 12.9. The lowest BCUT2D eigenvalue weighted by Crippen LogP contribution is -2.42. The molecular weight excluding hydrogens is 380 g/mol. The van der Waals surface area contributed by atoms with Gasteiger partial charge in [-0.25, -0.2) is 8.42 Å². The van der Waals surface area contributed by atoms with Crippen molar-refractivity contribution in [1.82, 2.24) is 5.32 Å². The van der Waals surface area contributed by atoms with Crippen LogP contribution in [0.15, 0.2) is 53.4 Å². The maximum absolute atomic E-state index is 12.7. The zero-order valence-corrected chi connectivity index (χ0v) is 17.1. The van der Waals surface area contributed by atoms with Gasteiger partial charge in [-0.15, -0.1) is 11.8 Å². The monoisotopic (exact) mass is 404 g/mol. The number of rotatable bonds is 6. The van der Waals surface area contributed by atoms with Crippen LogP contribution in [0.2, 0.25) is 0 Å². The van der Waals surface area contributed by atoms with Crippen molar-refractivity contribution < 1.29 is 13.2 Å². The van der Waals surface area contributed by atoms with Gasteiger partial charge in [0, 0.05) is 4.90 Å². The van der Waals surface area contributed by atoms with Crippen LogP contribution in [-0.2, 0) is 21.2 Å². The van der Waals surface area contributed by atoms with Gasteiger partial charge in [-0.3, -0.25) is 9.10 Å². The molecule has 5 nitrogen and oxygen atoms in total. The Bertz CT molecular complexity index is 928. The molecule has 3 rings (SSSR count). The van der Waals surface area contributed by atoms with Gasteiger partial charge in [0.1, 0.15) is 6.54 Å². The second kappa shape index (κ2) is 8.35. The fourth-order valence-corrected chi connectivity index (χ4v) is 4.74. The number of carbonyl (C=O) groups excluding carboxylic acids is 1. The SMILES string of the molecule is CSc1cccc(N(CC(=O)NC2CCCc3ccccc32)S(C)(=O)=O)c1. The quantitative estimate of drug-likeness (QED) is 0.750. The highest BCUT2D eigenvalue weighted by molar-refractivity contribution is 7.98. The minimum Gasteiger partial charge on any atom is -0.348 e. The Hall–Kier alpha value is -1.99. The van der Waals surface area contributed by atoms with Crippen LogP contribution in [0.25, 0.3) is 0 Å². The van der Waals surface area contributed by atoms with Gasteiger partial charge in [-0.2, -0.15) is 0 Å². The molecule has 1 atom stereocenters. The first-order valence-electron chi connectivity index (χ1n) is 8.87. The van der Waals surface area contributed by atoms with E-state index in [2.05, 4.69) is 11.4 Å². The van der Waals surface area contributed by atoms with E-state index in [9.17, 15) is 13.2 Å². The molecule has 144 valence electrons. The fourth-order valence-electron chi connectivity index (χ4n) is 3.44. The zero-order chi connectivity index (χ0) is 19.4. The summed E-state index contributed by atoms with van der Waals surface area (Å²) in [6, 6.07) is 15.2. The average molecular weight is 405 g/mol. The van der Waals surface area contributed by atoms with Crippen LogP contribution >= 0.6 is 11.8 Å². The summed E-state index contributed by atoms with van der Waals surface area (Å²) in [5.74, 6) is -0.295. The van der Waals surface area contributed by atoms with Gasteiger partial charge in [0.2, 0.25) is 15.9 Å². The van der Waals surface area contributed by atoms with Crippen LogP contribution < -0.4 is 9.62 Å². The standard InChI is InChI=1S/C20H24N2O3S2/c1-26-17-10-6-9-16(13-17)22(27(2,24)25)14-20(23)21-19-12-5-8-15-7-3-4-11-18(15)19/h3-4,6-7,9-11,13,19H,5,8,12,14H2,1-2H3,(H,21,23). The molecule has 0 fully saturated rings. The highest BCUT2D eigenvalue weighted by Gasteiger charge is 2.25. The number of fused-ring (bicyclic) bond motifs is 1. The van der Waals surface area contributed by atoms with Gasteiger partial charge in [-0.05, 0) is 54.8 Å². The molecule has 0 spiro atoms. The van der Waals surface area contributed by atoms with Gasteiger partial charge in [-0.1, -0.05) is 30.3 Å². The minimum atomic E-state index is -3.58. The lowest BCUT2D eigenvalue weighted by molar-refractivity contribution is -0.120. The lowest BCUT2D eigenvalue weighted by Gasteiger charge is -2.28. The highest BCUT2D eigenvalue weighted by Crippen LogP contribution is 2.29. The molecule has 0 saturated heterocycles. The summed E-state index contributed by atoms with van der Waals surface area (Å²) in [6.45, 7) is -0.227. The van der Waals surface area contributed by atoms with Crippen LogP contribution in [-0.4, -0.2) is 33.4 Å². The highest BCUT2D eigenvalue weighted by atomic mass is 32.2. The number of nitrogens with one attached hydrogen (secondary N) is 1. The van der Waals surface area contributed by atoms with E-state index in [4.69, 9.17) is 0 Å². The Kier molecular flexibility index (Phi) is 6.11. The third kappa shape index (κ3) is 4.84. The van der Waals surface area contributed by atoms with Gasteiger partial charge in [0.15, 0.2) is 0 Å². The first-order valence-corrected chi connectivity index (χ1v) is 11.9. The van der Waals surface area contributed by atoms with Crippen molar-refractivity contribution in [1.29, 1.82) is 0 Å². The molecule has 0 bridgehead atoms. The number of anilines is 1. The second-order valence-electron chi connectivity index (χ2n) is 6.68. The Morgan fingerprint density at radius 3 is 2.74 bits per heavy atom. The van der Waals surface area contributed by atoms with Crippen molar-refractivity contribution >= 4 is 33.4 Å².